The van der Waals surface area contributed by atoms with Crippen LogP contribution in [0.15, 0.2) is 24.3 Å². The zero-order chi connectivity index (χ0) is 16.0. The molecule has 0 aromatic heterocycles. The van der Waals surface area contributed by atoms with Gasteiger partial charge in [-0.2, -0.15) is 0 Å². The Balaban J connectivity index is 2.42. The van der Waals surface area contributed by atoms with Crippen molar-refractivity contribution in [1.82, 2.24) is 5.32 Å². The van der Waals surface area contributed by atoms with Crippen molar-refractivity contribution in [2.45, 2.75) is 45.0 Å². The van der Waals surface area contributed by atoms with E-state index >= 15 is 0 Å². The van der Waals surface area contributed by atoms with Crippen LogP contribution in [-0.2, 0) is 4.74 Å². The van der Waals surface area contributed by atoms with Crippen molar-refractivity contribution in [3.63, 3.8) is 0 Å². The number of hydrogen-bond acceptors (Lipinski definition) is 4. The Morgan fingerprint density at radius 3 is 2.52 bits per heavy atom. The van der Waals surface area contributed by atoms with Gasteiger partial charge in [0.05, 0.1) is 6.10 Å². The summed E-state index contributed by atoms with van der Waals surface area (Å²) in [4.78, 5) is 11.4. The number of carbonyl (C=O) groups excluding carboxylic acids is 1. The second-order valence-electron chi connectivity index (χ2n) is 5.75. The molecule has 0 radical (unpaired) electrons. The van der Waals surface area contributed by atoms with Crippen LogP contribution in [0.5, 0.6) is 0 Å². The summed E-state index contributed by atoms with van der Waals surface area (Å²) < 4.78 is 5.07. The third-order valence-corrected chi connectivity index (χ3v) is 3.04. The van der Waals surface area contributed by atoms with Crippen LogP contribution in [0.1, 0.15) is 38.9 Å². The Labute approximate surface area is 129 Å². The van der Waals surface area contributed by atoms with Gasteiger partial charge in [-0.3, -0.25) is 0 Å². The molecule has 6 heteroatoms. The van der Waals surface area contributed by atoms with Crippen molar-refractivity contribution in [2.75, 3.05) is 6.54 Å². The lowest BCUT2D eigenvalue weighted by Gasteiger charge is -2.21. The van der Waals surface area contributed by atoms with Crippen molar-refractivity contribution in [1.29, 1.82) is 0 Å². The van der Waals surface area contributed by atoms with Gasteiger partial charge < -0.3 is 20.3 Å². The van der Waals surface area contributed by atoms with Gasteiger partial charge in [-0.05, 0) is 33.3 Å². The van der Waals surface area contributed by atoms with Gasteiger partial charge in [-0.25, -0.2) is 4.79 Å². The smallest absolute Gasteiger partial charge is 0.407 e. The van der Waals surface area contributed by atoms with Gasteiger partial charge in [0.15, 0.2) is 0 Å². The van der Waals surface area contributed by atoms with Crippen molar-refractivity contribution >= 4 is 17.7 Å². The van der Waals surface area contributed by atoms with E-state index in [1.807, 2.05) is 0 Å². The van der Waals surface area contributed by atoms with E-state index in [-0.39, 0.29) is 13.0 Å². The molecule has 2 unspecified atom stereocenters. The first kappa shape index (κ1) is 17.8. The largest absolute Gasteiger partial charge is 0.444 e. The van der Waals surface area contributed by atoms with Crippen molar-refractivity contribution in [3.05, 3.63) is 34.9 Å². The molecule has 0 fully saturated rings. The summed E-state index contributed by atoms with van der Waals surface area (Å²) in [5.74, 6) is 0. The normalized spacial score (nSPS) is 14.4. The summed E-state index contributed by atoms with van der Waals surface area (Å²) in [6.45, 7) is 5.49. The minimum absolute atomic E-state index is 0.186. The van der Waals surface area contributed by atoms with Crippen LogP contribution in [0.25, 0.3) is 0 Å². The number of benzene rings is 1. The molecule has 3 N–H and O–H groups in total. The monoisotopic (exact) mass is 315 g/mol. The molecule has 0 aliphatic rings. The number of carbonyl (C=O) groups is 1. The van der Waals surface area contributed by atoms with Gasteiger partial charge in [-0.15, -0.1) is 0 Å². The van der Waals surface area contributed by atoms with E-state index in [9.17, 15) is 15.0 Å². The summed E-state index contributed by atoms with van der Waals surface area (Å²) in [7, 11) is 0. The molecule has 118 valence electrons. The van der Waals surface area contributed by atoms with E-state index in [0.717, 1.165) is 0 Å². The molecular formula is C15H22ClNO4. The lowest BCUT2D eigenvalue weighted by molar-refractivity contribution is 0.0123. The molecule has 0 aliphatic carbocycles. The maximum absolute atomic E-state index is 11.4. The quantitative estimate of drug-likeness (QED) is 0.780. The van der Waals surface area contributed by atoms with Crippen LogP contribution < -0.4 is 5.32 Å². The van der Waals surface area contributed by atoms with Crippen molar-refractivity contribution in [2.24, 2.45) is 0 Å². The summed E-state index contributed by atoms with van der Waals surface area (Å²) in [6.07, 6.45) is -2.49. The number of nitrogens with one attached hydrogen (secondary N) is 1. The van der Waals surface area contributed by atoms with E-state index in [4.69, 9.17) is 16.3 Å². The van der Waals surface area contributed by atoms with Gasteiger partial charge in [0, 0.05) is 17.1 Å². The van der Waals surface area contributed by atoms with E-state index in [1.165, 1.54) is 0 Å². The predicted molar refractivity (Wildman–Crippen MR) is 81.3 cm³/mol. The molecular weight excluding hydrogens is 294 g/mol. The van der Waals surface area contributed by atoms with Crippen LogP contribution in [0.2, 0.25) is 5.02 Å². The van der Waals surface area contributed by atoms with E-state index in [0.29, 0.717) is 10.6 Å². The van der Waals surface area contributed by atoms with Gasteiger partial charge in [-0.1, -0.05) is 29.8 Å². The first-order chi connectivity index (χ1) is 9.70. The van der Waals surface area contributed by atoms with Crippen LogP contribution in [-0.4, -0.2) is 34.6 Å². The van der Waals surface area contributed by atoms with Gasteiger partial charge in [0.2, 0.25) is 0 Å². The van der Waals surface area contributed by atoms with Crippen molar-refractivity contribution in [3.8, 4) is 0 Å². The Kier molecular flexibility index (Phi) is 6.45. The van der Waals surface area contributed by atoms with Gasteiger partial charge >= 0.3 is 6.09 Å². The number of hydrogen-bond donors (Lipinski definition) is 3. The Morgan fingerprint density at radius 2 is 1.95 bits per heavy atom. The zero-order valence-electron chi connectivity index (χ0n) is 12.5. The highest BCUT2D eigenvalue weighted by molar-refractivity contribution is 6.31. The molecule has 0 saturated heterocycles. The summed E-state index contributed by atoms with van der Waals surface area (Å²) in [6, 6.07) is 6.77. The number of rotatable bonds is 5. The number of halogens is 1. The molecule has 0 aliphatic heterocycles. The fourth-order valence-electron chi connectivity index (χ4n) is 1.72. The second-order valence-corrected chi connectivity index (χ2v) is 6.16. The molecule has 0 spiro atoms. The topological polar surface area (TPSA) is 78.8 Å². The molecule has 0 bridgehead atoms. The van der Waals surface area contributed by atoms with Crippen LogP contribution in [0.3, 0.4) is 0 Å². The molecule has 5 nitrogen and oxygen atoms in total. The molecule has 0 heterocycles. The Hall–Kier alpha value is -1.30. The fourth-order valence-corrected chi connectivity index (χ4v) is 1.96. The third kappa shape index (κ3) is 6.33. The highest BCUT2D eigenvalue weighted by Crippen LogP contribution is 2.25. The highest BCUT2D eigenvalue weighted by Gasteiger charge is 2.21. The number of aliphatic hydroxyl groups is 2. The first-order valence-corrected chi connectivity index (χ1v) is 7.16. The van der Waals surface area contributed by atoms with Crippen molar-refractivity contribution < 1.29 is 19.7 Å². The molecule has 0 saturated carbocycles. The molecule has 1 amide bonds. The molecule has 1 aromatic carbocycles. The fraction of sp³-hybridized carbons (Fsp3) is 0.533. The molecule has 2 atom stereocenters. The van der Waals surface area contributed by atoms with E-state index < -0.39 is 23.9 Å². The lowest BCUT2D eigenvalue weighted by atomic mass is 10.0. The summed E-state index contributed by atoms with van der Waals surface area (Å²) in [5.41, 5.74) is -0.108. The SMILES string of the molecule is CC(C)(C)OC(=O)NCCC(O)C(O)c1ccccc1Cl. The van der Waals surface area contributed by atoms with Crippen LogP contribution >= 0.6 is 11.6 Å². The summed E-state index contributed by atoms with van der Waals surface area (Å²) >= 11 is 5.96. The number of alkyl carbamates (subject to hydrolysis) is 1. The average Bonchev–Trinajstić information content (AvgIpc) is 2.36. The summed E-state index contributed by atoms with van der Waals surface area (Å²) in [5, 5.41) is 22.9. The highest BCUT2D eigenvalue weighted by atomic mass is 35.5. The zero-order valence-corrected chi connectivity index (χ0v) is 13.2. The Bertz CT molecular complexity index is 473. The number of aliphatic hydroxyl groups excluding tert-OH is 2. The molecule has 1 rings (SSSR count). The van der Waals surface area contributed by atoms with E-state index in [2.05, 4.69) is 5.32 Å². The maximum atomic E-state index is 11.4. The Morgan fingerprint density at radius 1 is 1.33 bits per heavy atom. The third-order valence-electron chi connectivity index (χ3n) is 2.70. The minimum atomic E-state index is -1.10. The maximum Gasteiger partial charge on any atom is 0.407 e. The molecule has 21 heavy (non-hydrogen) atoms. The average molecular weight is 316 g/mol. The van der Waals surface area contributed by atoms with E-state index in [1.54, 1.807) is 45.0 Å². The molecule has 1 aromatic rings. The van der Waals surface area contributed by atoms with Crippen LogP contribution in [0, 0.1) is 0 Å². The van der Waals surface area contributed by atoms with Crippen LogP contribution in [0.4, 0.5) is 4.79 Å². The standard InChI is InChI=1S/C15H22ClNO4/c1-15(2,3)21-14(20)17-9-8-12(18)13(19)10-6-4-5-7-11(10)16/h4-7,12-13,18-19H,8-9H2,1-3H3,(H,17,20). The second kappa shape index (κ2) is 7.64. The minimum Gasteiger partial charge on any atom is -0.444 e. The van der Waals surface area contributed by atoms with Gasteiger partial charge in [0.1, 0.15) is 11.7 Å². The first-order valence-electron chi connectivity index (χ1n) is 6.78. The number of ether oxygens (including phenoxy) is 1. The number of amides is 1. The lowest BCUT2D eigenvalue weighted by Crippen LogP contribution is -2.34. The van der Waals surface area contributed by atoms with Gasteiger partial charge in [0.25, 0.3) is 0 Å². The predicted octanol–water partition coefficient (Wildman–Crippen LogP) is 2.65.